The standard InChI is InChI=1S/C20H26O2/c21-16-8-3-1-2-5-9-18-12-14-20(15-13-18)22-17-19-10-6-4-7-11-19/h4,6-7,10-15,21H,1-3,5,8-9,16-17H2. The Morgan fingerprint density at radius 3 is 2.09 bits per heavy atom. The fraction of sp³-hybridized carbons (Fsp3) is 0.400. The zero-order valence-electron chi connectivity index (χ0n) is 13.2. The summed E-state index contributed by atoms with van der Waals surface area (Å²) >= 11 is 0. The van der Waals surface area contributed by atoms with E-state index in [9.17, 15) is 0 Å². The molecule has 2 nitrogen and oxygen atoms in total. The largest absolute Gasteiger partial charge is 0.489 e. The molecule has 0 unspecified atom stereocenters. The third-order valence-corrected chi connectivity index (χ3v) is 3.80. The lowest BCUT2D eigenvalue weighted by molar-refractivity contribution is 0.282. The highest BCUT2D eigenvalue weighted by atomic mass is 16.5. The van der Waals surface area contributed by atoms with E-state index in [2.05, 4.69) is 36.4 Å². The van der Waals surface area contributed by atoms with Gasteiger partial charge in [-0.3, -0.25) is 0 Å². The second kappa shape index (κ2) is 10.0. The number of aliphatic hydroxyl groups is 1. The van der Waals surface area contributed by atoms with Crippen LogP contribution < -0.4 is 4.74 Å². The summed E-state index contributed by atoms with van der Waals surface area (Å²) in [6.45, 7) is 0.940. The van der Waals surface area contributed by atoms with Crippen LogP contribution in [0.5, 0.6) is 5.75 Å². The number of benzene rings is 2. The maximum atomic E-state index is 8.73. The maximum absolute atomic E-state index is 8.73. The molecular weight excluding hydrogens is 272 g/mol. The lowest BCUT2D eigenvalue weighted by Crippen LogP contribution is -1.95. The van der Waals surface area contributed by atoms with E-state index in [0.717, 1.165) is 25.0 Å². The minimum absolute atomic E-state index is 0.324. The van der Waals surface area contributed by atoms with Crippen LogP contribution in [0.4, 0.5) is 0 Å². The summed E-state index contributed by atoms with van der Waals surface area (Å²) < 4.78 is 5.79. The van der Waals surface area contributed by atoms with Crippen molar-refractivity contribution < 1.29 is 9.84 Å². The van der Waals surface area contributed by atoms with Gasteiger partial charge in [-0.25, -0.2) is 0 Å². The fourth-order valence-electron chi connectivity index (χ4n) is 2.46. The molecule has 0 aliphatic heterocycles. The normalized spacial score (nSPS) is 10.6. The van der Waals surface area contributed by atoms with Gasteiger partial charge in [0.05, 0.1) is 0 Å². The Morgan fingerprint density at radius 2 is 1.36 bits per heavy atom. The molecule has 0 saturated carbocycles. The molecule has 2 heteroatoms. The van der Waals surface area contributed by atoms with Crippen molar-refractivity contribution in [2.75, 3.05) is 6.61 Å². The predicted molar refractivity (Wildman–Crippen MR) is 91.1 cm³/mol. The smallest absolute Gasteiger partial charge is 0.119 e. The Hall–Kier alpha value is -1.80. The van der Waals surface area contributed by atoms with Crippen molar-refractivity contribution in [3.8, 4) is 5.75 Å². The van der Waals surface area contributed by atoms with Crippen molar-refractivity contribution in [1.82, 2.24) is 0 Å². The zero-order chi connectivity index (χ0) is 15.5. The first kappa shape index (κ1) is 16.6. The molecule has 0 atom stereocenters. The van der Waals surface area contributed by atoms with Gasteiger partial charge in [0.25, 0.3) is 0 Å². The van der Waals surface area contributed by atoms with Gasteiger partial charge in [-0.2, -0.15) is 0 Å². The van der Waals surface area contributed by atoms with Crippen molar-refractivity contribution in [3.63, 3.8) is 0 Å². The average molecular weight is 298 g/mol. The quantitative estimate of drug-likeness (QED) is 0.641. The van der Waals surface area contributed by atoms with Gasteiger partial charge < -0.3 is 9.84 Å². The summed E-state index contributed by atoms with van der Waals surface area (Å²) in [5.74, 6) is 0.926. The number of hydrogen-bond donors (Lipinski definition) is 1. The van der Waals surface area contributed by atoms with Gasteiger partial charge in [0.1, 0.15) is 12.4 Å². The summed E-state index contributed by atoms with van der Waals surface area (Å²) in [6.07, 6.45) is 6.88. The van der Waals surface area contributed by atoms with Crippen molar-refractivity contribution in [1.29, 1.82) is 0 Å². The Labute approximate surface area is 133 Å². The molecule has 2 aromatic carbocycles. The highest BCUT2D eigenvalue weighted by Crippen LogP contribution is 2.16. The molecule has 0 aliphatic carbocycles. The number of hydrogen-bond acceptors (Lipinski definition) is 2. The minimum atomic E-state index is 0.324. The van der Waals surface area contributed by atoms with Crippen LogP contribution in [0.15, 0.2) is 54.6 Å². The molecule has 0 aromatic heterocycles. The topological polar surface area (TPSA) is 29.5 Å². The predicted octanol–water partition coefficient (Wildman–Crippen LogP) is 4.75. The van der Waals surface area contributed by atoms with E-state index in [4.69, 9.17) is 9.84 Å². The van der Waals surface area contributed by atoms with Crippen molar-refractivity contribution in [2.45, 2.75) is 45.1 Å². The van der Waals surface area contributed by atoms with Gasteiger partial charge >= 0.3 is 0 Å². The SMILES string of the molecule is OCCCCCCCc1ccc(OCc2ccccc2)cc1. The minimum Gasteiger partial charge on any atom is -0.489 e. The summed E-state index contributed by atoms with van der Waals surface area (Å²) in [7, 11) is 0. The first-order valence-electron chi connectivity index (χ1n) is 8.25. The van der Waals surface area contributed by atoms with Crippen molar-refractivity contribution in [3.05, 3.63) is 65.7 Å². The zero-order valence-corrected chi connectivity index (χ0v) is 13.2. The van der Waals surface area contributed by atoms with Gasteiger partial charge in [0.2, 0.25) is 0 Å². The van der Waals surface area contributed by atoms with E-state index < -0.39 is 0 Å². The number of aliphatic hydroxyl groups excluding tert-OH is 1. The molecule has 0 saturated heterocycles. The van der Waals surface area contributed by atoms with Crippen LogP contribution in [-0.4, -0.2) is 11.7 Å². The lowest BCUT2D eigenvalue weighted by atomic mass is 10.1. The highest BCUT2D eigenvalue weighted by Gasteiger charge is 1.98. The molecule has 0 fully saturated rings. The summed E-state index contributed by atoms with van der Waals surface area (Å²) in [6, 6.07) is 18.7. The van der Waals surface area contributed by atoms with Gasteiger partial charge in [-0.1, -0.05) is 61.7 Å². The van der Waals surface area contributed by atoms with Crippen molar-refractivity contribution in [2.24, 2.45) is 0 Å². The second-order valence-electron chi connectivity index (χ2n) is 5.66. The summed E-state index contributed by atoms with van der Waals surface area (Å²) in [5.41, 5.74) is 2.56. The third-order valence-electron chi connectivity index (χ3n) is 3.80. The monoisotopic (exact) mass is 298 g/mol. The Kier molecular flexibility index (Phi) is 7.54. The van der Waals surface area contributed by atoms with Crippen LogP contribution in [0.1, 0.15) is 43.2 Å². The molecule has 0 radical (unpaired) electrons. The lowest BCUT2D eigenvalue weighted by Gasteiger charge is -2.07. The van der Waals surface area contributed by atoms with Crippen molar-refractivity contribution >= 4 is 0 Å². The van der Waals surface area contributed by atoms with Gasteiger partial charge in [0.15, 0.2) is 0 Å². The molecule has 2 aromatic rings. The molecular formula is C20H26O2. The van der Waals surface area contributed by atoms with Crippen LogP contribution in [0.25, 0.3) is 0 Å². The number of unbranched alkanes of at least 4 members (excludes halogenated alkanes) is 4. The van der Waals surface area contributed by atoms with Gasteiger partial charge in [-0.05, 0) is 42.5 Å². The van der Waals surface area contributed by atoms with Crippen LogP contribution in [-0.2, 0) is 13.0 Å². The molecule has 22 heavy (non-hydrogen) atoms. The molecule has 118 valence electrons. The van der Waals surface area contributed by atoms with E-state index in [1.165, 1.54) is 30.4 Å². The molecule has 0 aliphatic rings. The maximum Gasteiger partial charge on any atom is 0.119 e. The van der Waals surface area contributed by atoms with E-state index in [-0.39, 0.29) is 0 Å². The van der Waals surface area contributed by atoms with E-state index in [0.29, 0.717) is 13.2 Å². The van der Waals surface area contributed by atoms with Gasteiger partial charge in [-0.15, -0.1) is 0 Å². The molecule has 2 rings (SSSR count). The molecule has 1 N–H and O–H groups in total. The van der Waals surface area contributed by atoms with Gasteiger partial charge in [0, 0.05) is 6.61 Å². The molecule has 0 bridgehead atoms. The molecule has 0 amide bonds. The summed E-state index contributed by atoms with van der Waals surface area (Å²) in [4.78, 5) is 0. The Morgan fingerprint density at radius 1 is 0.682 bits per heavy atom. The van der Waals surface area contributed by atoms with E-state index in [1.54, 1.807) is 0 Å². The van der Waals surface area contributed by atoms with E-state index in [1.807, 2.05) is 18.2 Å². The first-order valence-corrected chi connectivity index (χ1v) is 8.25. The van der Waals surface area contributed by atoms with Crippen LogP contribution in [0, 0.1) is 0 Å². The average Bonchev–Trinajstić information content (AvgIpc) is 2.58. The number of aryl methyl sites for hydroxylation is 1. The third kappa shape index (κ3) is 6.31. The number of ether oxygens (including phenoxy) is 1. The van der Waals surface area contributed by atoms with E-state index >= 15 is 0 Å². The number of rotatable bonds is 10. The van der Waals surface area contributed by atoms with Crippen LogP contribution in [0.3, 0.4) is 0 Å². The van der Waals surface area contributed by atoms with Crippen LogP contribution >= 0.6 is 0 Å². The molecule has 0 spiro atoms. The highest BCUT2D eigenvalue weighted by molar-refractivity contribution is 5.27. The first-order chi connectivity index (χ1) is 10.9. The Bertz CT molecular complexity index is 505. The fourth-order valence-corrected chi connectivity index (χ4v) is 2.46. The second-order valence-corrected chi connectivity index (χ2v) is 5.66. The van der Waals surface area contributed by atoms with Crippen LogP contribution in [0.2, 0.25) is 0 Å². The molecule has 0 heterocycles. The summed E-state index contributed by atoms with van der Waals surface area (Å²) in [5, 5.41) is 8.73. The Balaban J connectivity index is 1.67.